The van der Waals surface area contributed by atoms with Crippen molar-refractivity contribution in [2.24, 2.45) is 5.41 Å². The molecule has 0 aromatic carbocycles. The van der Waals surface area contributed by atoms with E-state index in [4.69, 9.17) is 9.84 Å². The van der Waals surface area contributed by atoms with Crippen molar-refractivity contribution >= 4 is 43.8 Å². The van der Waals surface area contributed by atoms with Gasteiger partial charge < -0.3 is 14.9 Å². The van der Waals surface area contributed by atoms with Crippen LogP contribution in [0.15, 0.2) is 0 Å². The molecule has 0 radical (unpaired) electrons. The van der Waals surface area contributed by atoms with E-state index in [-0.39, 0.29) is 19.4 Å². The van der Waals surface area contributed by atoms with E-state index in [0.717, 1.165) is 0 Å². The minimum Gasteiger partial charge on any atom is -0.481 e. The largest absolute Gasteiger partial charge is 0.481 e. The predicted molar refractivity (Wildman–Crippen MR) is 73.6 cm³/mol. The van der Waals surface area contributed by atoms with E-state index >= 15 is 0 Å². The SMILES string of the molecule is CC(C)(CO)C(Br)(Br)OC(=O)CCCCC(=O)O. The first-order chi connectivity index (χ1) is 8.12. The lowest BCUT2D eigenvalue weighted by atomic mass is 9.96. The van der Waals surface area contributed by atoms with Crippen LogP contribution in [-0.4, -0.2) is 32.2 Å². The molecule has 0 atom stereocenters. The molecule has 106 valence electrons. The number of aliphatic carboxylic acids is 1. The van der Waals surface area contributed by atoms with Crippen LogP contribution >= 0.6 is 31.9 Å². The Balaban J connectivity index is 4.12. The number of carboxylic acids is 1. The lowest BCUT2D eigenvalue weighted by molar-refractivity contribution is -0.152. The highest BCUT2D eigenvalue weighted by atomic mass is 79.9. The third-order valence-corrected chi connectivity index (χ3v) is 4.92. The number of hydrogen-bond donors (Lipinski definition) is 2. The number of alkyl halides is 2. The van der Waals surface area contributed by atoms with Crippen molar-refractivity contribution in [3.63, 3.8) is 0 Å². The third kappa shape index (κ3) is 6.15. The number of aliphatic hydroxyl groups excluding tert-OH is 1. The van der Waals surface area contributed by atoms with Crippen LogP contribution in [-0.2, 0) is 14.3 Å². The molecule has 5 nitrogen and oxygen atoms in total. The van der Waals surface area contributed by atoms with Crippen LogP contribution in [0.2, 0.25) is 0 Å². The number of carboxylic acid groups (broad SMARTS) is 1. The second kappa shape index (κ2) is 7.45. The highest BCUT2D eigenvalue weighted by Crippen LogP contribution is 2.44. The summed E-state index contributed by atoms with van der Waals surface area (Å²) >= 11 is 6.43. The molecule has 0 heterocycles. The van der Waals surface area contributed by atoms with Gasteiger partial charge >= 0.3 is 11.9 Å². The van der Waals surface area contributed by atoms with Crippen LogP contribution in [0.5, 0.6) is 0 Å². The highest BCUT2D eigenvalue weighted by Gasteiger charge is 2.44. The quantitative estimate of drug-likeness (QED) is 0.378. The molecule has 0 unspecified atom stereocenters. The number of carbonyl (C=O) groups excluding carboxylic acids is 1. The number of carbonyl (C=O) groups is 2. The first-order valence-electron chi connectivity index (χ1n) is 5.54. The van der Waals surface area contributed by atoms with Crippen molar-refractivity contribution in [1.82, 2.24) is 0 Å². The summed E-state index contributed by atoms with van der Waals surface area (Å²) in [5.41, 5.74) is -0.691. The summed E-state index contributed by atoms with van der Waals surface area (Å²) in [5.74, 6) is -1.32. The Labute approximate surface area is 123 Å². The maximum Gasteiger partial charge on any atom is 0.307 e. The van der Waals surface area contributed by atoms with E-state index in [1.807, 2.05) is 0 Å². The van der Waals surface area contributed by atoms with Gasteiger partial charge in [-0.25, -0.2) is 0 Å². The fraction of sp³-hybridized carbons (Fsp3) is 0.818. The molecular formula is C11H18Br2O5. The normalized spacial score (nSPS) is 12.3. The number of ether oxygens (including phenoxy) is 1. The summed E-state index contributed by atoms with van der Waals surface area (Å²) in [5, 5.41) is 17.6. The Kier molecular flexibility index (Phi) is 7.39. The van der Waals surface area contributed by atoms with Crippen molar-refractivity contribution in [3.8, 4) is 0 Å². The monoisotopic (exact) mass is 388 g/mol. The average molecular weight is 390 g/mol. The molecule has 0 aliphatic heterocycles. The smallest absolute Gasteiger partial charge is 0.307 e. The van der Waals surface area contributed by atoms with E-state index in [1.54, 1.807) is 13.8 Å². The van der Waals surface area contributed by atoms with E-state index in [0.29, 0.717) is 12.8 Å². The first kappa shape index (κ1) is 17.9. The van der Waals surface area contributed by atoms with Crippen LogP contribution in [0.1, 0.15) is 39.5 Å². The zero-order chi connectivity index (χ0) is 14.4. The van der Waals surface area contributed by atoms with Crippen LogP contribution < -0.4 is 0 Å². The summed E-state index contributed by atoms with van der Waals surface area (Å²) in [6.07, 6.45) is 1.09. The fourth-order valence-corrected chi connectivity index (χ4v) is 1.58. The number of halogens is 2. The van der Waals surface area contributed by atoms with E-state index in [2.05, 4.69) is 31.9 Å². The van der Waals surface area contributed by atoms with E-state index in [1.165, 1.54) is 0 Å². The third-order valence-electron chi connectivity index (χ3n) is 2.45. The predicted octanol–water partition coefficient (Wildman–Crippen LogP) is 2.64. The number of unbranched alkanes of at least 4 members (excludes halogenated alkanes) is 1. The molecule has 0 aliphatic carbocycles. The average Bonchev–Trinajstić information content (AvgIpc) is 2.23. The van der Waals surface area contributed by atoms with Crippen LogP contribution in [0.25, 0.3) is 0 Å². The van der Waals surface area contributed by atoms with E-state index in [9.17, 15) is 14.7 Å². The van der Waals surface area contributed by atoms with Crippen LogP contribution in [0.4, 0.5) is 0 Å². The summed E-state index contributed by atoms with van der Waals surface area (Å²) in [7, 11) is 0. The van der Waals surface area contributed by atoms with Crippen LogP contribution in [0, 0.1) is 5.41 Å². The maximum atomic E-state index is 11.6. The number of aliphatic hydroxyl groups is 1. The minimum atomic E-state index is -1.13. The second-order valence-electron chi connectivity index (χ2n) is 4.63. The molecule has 0 amide bonds. The van der Waals surface area contributed by atoms with Gasteiger partial charge in [-0.1, -0.05) is 13.8 Å². The molecule has 7 heteroatoms. The van der Waals surface area contributed by atoms with Crippen molar-refractivity contribution in [1.29, 1.82) is 0 Å². The summed E-state index contributed by atoms with van der Waals surface area (Å²) in [4.78, 5) is 21.8. The minimum absolute atomic E-state index is 0.0448. The van der Waals surface area contributed by atoms with Gasteiger partial charge in [0.15, 0.2) is 0 Å². The molecule has 0 aromatic heterocycles. The van der Waals surface area contributed by atoms with Crippen molar-refractivity contribution < 1.29 is 24.5 Å². The van der Waals surface area contributed by atoms with Gasteiger partial charge in [0.2, 0.25) is 3.42 Å². The molecule has 0 aliphatic rings. The topological polar surface area (TPSA) is 83.8 Å². The fourth-order valence-electron chi connectivity index (χ4n) is 0.970. The van der Waals surface area contributed by atoms with Crippen molar-refractivity contribution in [2.45, 2.75) is 43.0 Å². The Morgan fingerprint density at radius 3 is 2.11 bits per heavy atom. The highest BCUT2D eigenvalue weighted by molar-refractivity contribution is 9.25. The molecule has 0 aromatic rings. The molecule has 0 saturated heterocycles. The summed E-state index contributed by atoms with van der Waals surface area (Å²) in [6, 6.07) is 0. The van der Waals surface area contributed by atoms with Gasteiger partial charge in [-0.15, -0.1) is 0 Å². The molecule has 2 N–H and O–H groups in total. The summed E-state index contributed by atoms with van der Waals surface area (Å²) < 4.78 is 4.05. The lowest BCUT2D eigenvalue weighted by Crippen LogP contribution is -2.40. The molecule has 0 bridgehead atoms. The standard InChI is InChI=1S/C11H18Br2O5/c1-10(2,7-14)11(12,13)18-9(17)6-4-3-5-8(15)16/h14H,3-7H2,1-2H3,(H,15,16). The molecular weight excluding hydrogens is 372 g/mol. The Morgan fingerprint density at radius 1 is 1.17 bits per heavy atom. The number of rotatable bonds is 8. The number of esters is 1. The van der Waals surface area contributed by atoms with Gasteiger partial charge in [0, 0.05) is 18.3 Å². The van der Waals surface area contributed by atoms with Gasteiger partial charge in [-0.05, 0) is 44.7 Å². The zero-order valence-electron chi connectivity index (χ0n) is 10.4. The Bertz CT molecular complexity index is 302. The van der Waals surface area contributed by atoms with Crippen LogP contribution in [0.3, 0.4) is 0 Å². The Morgan fingerprint density at radius 2 is 1.67 bits per heavy atom. The number of hydrogen-bond acceptors (Lipinski definition) is 4. The Hall–Kier alpha value is -0.140. The maximum absolute atomic E-state index is 11.6. The summed E-state index contributed by atoms with van der Waals surface area (Å²) in [6.45, 7) is 3.29. The van der Waals surface area contributed by atoms with Crippen molar-refractivity contribution in [3.05, 3.63) is 0 Å². The molecule has 18 heavy (non-hydrogen) atoms. The second-order valence-corrected chi connectivity index (χ2v) is 7.93. The lowest BCUT2D eigenvalue weighted by Gasteiger charge is -2.35. The molecule has 0 spiro atoms. The first-order valence-corrected chi connectivity index (χ1v) is 7.13. The van der Waals surface area contributed by atoms with Gasteiger partial charge in [-0.3, -0.25) is 9.59 Å². The van der Waals surface area contributed by atoms with Gasteiger partial charge in [0.05, 0.1) is 6.61 Å². The zero-order valence-corrected chi connectivity index (χ0v) is 13.6. The van der Waals surface area contributed by atoms with Gasteiger partial charge in [-0.2, -0.15) is 0 Å². The van der Waals surface area contributed by atoms with Gasteiger partial charge in [0.25, 0.3) is 0 Å². The van der Waals surface area contributed by atoms with Gasteiger partial charge in [0.1, 0.15) is 0 Å². The van der Waals surface area contributed by atoms with Crippen molar-refractivity contribution in [2.75, 3.05) is 6.61 Å². The van der Waals surface area contributed by atoms with E-state index < -0.39 is 20.8 Å². The molecule has 0 fully saturated rings. The molecule has 0 rings (SSSR count). The molecule has 0 saturated carbocycles.